The molecule has 3 N–H and O–H groups in total. The van der Waals surface area contributed by atoms with Crippen molar-refractivity contribution in [1.82, 2.24) is 10.3 Å². The van der Waals surface area contributed by atoms with Gasteiger partial charge in [-0.25, -0.2) is 4.39 Å². The zero-order chi connectivity index (χ0) is 29.6. The van der Waals surface area contributed by atoms with Crippen molar-refractivity contribution in [3.8, 4) is 11.5 Å². The zero-order valence-electron chi connectivity index (χ0n) is 24.0. The van der Waals surface area contributed by atoms with Crippen LogP contribution in [0.3, 0.4) is 0 Å². The van der Waals surface area contributed by atoms with E-state index in [-0.39, 0.29) is 27.8 Å². The van der Waals surface area contributed by atoms with Gasteiger partial charge < -0.3 is 25.1 Å². The number of para-hydroxylation sites is 2. The minimum atomic E-state index is -0.541. The fourth-order valence-corrected chi connectivity index (χ4v) is 5.20. The van der Waals surface area contributed by atoms with Crippen LogP contribution in [-0.2, 0) is 12.8 Å². The number of carbonyl (C=O) groups excluding carboxylic acids is 1. The maximum atomic E-state index is 14.5. The van der Waals surface area contributed by atoms with E-state index < -0.39 is 5.82 Å². The number of aromatic nitrogens is 1. The van der Waals surface area contributed by atoms with E-state index in [9.17, 15) is 14.0 Å². The van der Waals surface area contributed by atoms with Crippen LogP contribution in [0, 0.1) is 12.7 Å². The standard InChI is InChI=1S/C34H34FN3O4/c1-21-19-22(7-6-17-36-18-16-23-13-15-29(41-2)30(20-23)42-3)12-14-28(21)37-34(40)26-10-4-8-24-31(26)38-32-25(33(24)39)9-5-11-27(32)35/h4-5,8-15,19-20,36H,6-7,16-18H2,1-3H3,(H,37,40)(H,38,39). The van der Waals surface area contributed by atoms with Crippen molar-refractivity contribution >= 4 is 33.4 Å². The molecular formula is C34H34FN3O4. The molecule has 216 valence electrons. The third-order valence-corrected chi connectivity index (χ3v) is 7.46. The molecule has 1 heterocycles. The molecule has 0 aliphatic heterocycles. The number of halogens is 1. The molecular weight excluding hydrogens is 533 g/mol. The lowest BCUT2D eigenvalue weighted by Gasteiger charge is -2.13. The van der Waals surface area contributed by atoms with Gasteiger partial charge in [-0.15, -0.1) is 0 Å². The molecule has 4 aromatic carbocycles. The molecule has 42 heavy (non-hydrogen) atoms. The number of carbonyl (C=O) groups is 1. The molecule has 1 amide bonds. The Morgan fingerprint density at radius 2 is 1.55 bits per heavy atom. The fraction of sp³-hybridized carbons (Fsp3) is 0.235. The Morgan fingerprint density at radius 3 is 2.31 bits per heavy atom. The Hall–Kier alpha value is -4.69. The first-order valence-electron chi connectivity index (χ1n) is 14.0. The van der Waals surface area contributed by atoms with Crippen molar-refractivity contribution in [2.75, 3.05) is 32.6 Å². The molecule has 0 saturated carbocycles. The Kier molecular flexibility index (Phi) is 8.83. The van der Waals surface area contributed by atoms with Gasteiger partial charge in [-0.3, -0.25) is 9.59 Å². The average Bonchev–Trinajstić information content (AvgIpc) is 3.00. The number of anilines is 1. The molecule has 0 aliphatic carbocycles. The smallest absolute Gasteiger partial charge is 0.257 e. The number of hydrogen-bond donors (Lipinski definition) is 3. The molecule has 0 radical (unpaired) electrons. The number of methoxy groups -OCH3 is 2. The van der Waals surface area contributed by atoms with Gasteiger partial charge in [0.2, 0.25) is 0 Å². The first kappa shape index (κ1) is 28.8. The molecule has 0 fully saturated rings. The van der Waals surface area contributed by atoms with E-state index in [1.807, 2.05) is 37.3 Å². The van der Waals surface area contributed by atoms with Crippen LogP contribution < -0.4 is 25.5 Å². The molecule has 8 heteroatoms. The highest BCUT2D eigenvalue weighted by atomic mass is 19.1. The lowest BCUT2D eigenvalue weighted by molar-refractivity contribution is 0.102. The molecule has 5 aromatic rings. The van der Waals surface area contributed by atoms with Crippen LogP contribution in [0.4, 0.5) is 10.1 Å². The van der Waals surface area contributed by atoms with Gasteiger partial charge >= 0.3 is 0 Å². The molecule has 0 bridgehead atoms. The van der Waals surface area contributed by atoms with Gasteiger partial charge in [0.25, 0.3) is 5.91 Å². The second-order valence-electron chi connectivity index (χ2n) is 10.2. The number of fused-ring (bicyclic) bond motifs is 2. The number of nitrogens with one attached hydrogen (secondary N) is 3. The van der Waals surface area contributed by atoms with Gasteiger partial charge in [-0.2, -0.15) is 0 Å². The SMILES string of the molecule is COc1ccc(CCNCCCc2ccc(NC(=O)c3cccc4c(=O)c5cccc(F)c5[nH]c34)c(C)c2)cc1OC. The highest BCUT2D eigenvalue weighted by Gasteiger charge is 2.16. The minimum Gasteiger partial charge on any atom is -0.493 e. The van der Waals surface area contributed by atoms with Crippen LogP contribution in [0.25, 0.3) is 21.8 Å². The minimum absolute atomic E-state index is 0.0891. The third-order valence-electron chi connectivity index (χ3n) is 7.46. The van der Waals surface area contributed by atoms with Crippen LogP contribution in [-0.4, -0.2) is 38.2 Å². The van der Waals surface area contributed by atoms with Crippen LogP contribution in [0.5, 0.6) is 11.5 Å². The number of H-pyrrole nitrogens is 1. The highest BCUT2D eigenvalue weighted by Crippen LogP contribution is 2.27. The number of pyridine rings is 1. The highest BCUT2D eigenvalue weighted by molar-refractivity contribution is 6.13. The quantitative estimate of drug-likeness (QED) is 0.131. The lowest BCUT2D eigenvalue weighted by atomic mass is 10.0. The zero-order valence-corrected chi connectivity index (χ0v) is 24.0. The summed E-state index contributed by atoms with van der Waals surface area (Å²) in [6, 6.07) is 21.3. The molecule has 0 unspecified atom stereocenters. The van der Waals surface area contributed by atoms with Crippen molar-refractivity contribution in [1.29, 1.82) is 0 Å². The molecule has 0 saturated heterocycles. The Bertz CT molecular complexity index is 1820. The predicted molar refractivity (Wildman–Crippen MR) is 166 cm³/mol. The van der Waals surface area contributed by atoms with Gasteiger partial charge in [0, 0.05) is 16.5 Å². The number of aromatic amines is 1. The summed E-state index contributed by atoms with van der Waals surface area (Å²) in [5.74, 6) is 0.550. The van der Waals surface area contributed by atoms with E-state index in [1.54, 1.807) is 38.5 Å². The molecule has 0 aliphatic rings. The molecule has 1 aromatic heterocycles. The summed E-state index contributed by atoms with van der Waals surface area (Å²) in [6.45, 7) is 3.70. The first-order valence-corrected chi connectivity index (χ1v) is 14.0. The van der Waals surface area contributed by atoms with Crippen molar-refractivity contribution in [3.63, 3.8) is 0 Å². The van der Waals surface area contributed by atoms with E-state index in [0.29, 0.717) is 16.6 Å². The number of benzene rings is 4. The number of ether oxygens (including phenoxy) is 2. The Labute approximate surface area is 243 Å². The van der Waals surface area contributed by atoms with Gasteiger partial charge in [-0.1, -0.05) is 30.3 Å². The second-order valence-corrected chi connectivity index (χ2v) is 10.2. The van der Waals surface area contributed by atoms with E-state index in [1.165, 1.54) is 23.3 Å². The maximum absolute atomic E-state index is 14.5. The average molecular weight is 568 g/mol. The van der Waals surface area contributed by atoms with E-state index >= 15 is 0 Å². The van der Waals surface area contributed by atoms with Crippen molar-refractivity contribution < 1.29 is 18.7 Å². The van der Waals surface area contributed by atoms with Crippen molar-refractivity contribution in [2.24, 2.45) is 0 Å². The van der Waals surface area contributed by atoms with Gasteiger partial charge in [-0.05, 0) is 98.4 Å². The molecule has 0 atom stereocenters. The fourth-order valence-electron chi connectivity index (χ4n) is 5.20. The van der Waals surface area contributed by atoms with E-state index in [4.69, 9.17) is 9.47 Å². The van der Waals surface area contributed by atoms with Crippen LogP contribution in [0.2, 0.25) is 0 Å². The first-order chi connectivity index (χ1) is 20.4. The third kappa shape index (κ3) is 6.14. The largest absolute Gasteiger partial charge is 0.493 e. The van der Waals surface area contributed by atoms with Gasteiger partial charge in [0.05, 0.1) is 30.8 Å². The van der Waals surface area contributed by atoms with Crippen LogP contribution in [0.1, 0.15) is 33.5 Å². The number of amides is 1. The van der Waals surface area contributed by atoms with Gasteiger partial charge in [0.15, 0.2) is 16.9 Å². The van der Waals surface area contributed by atoms with Gasteiger partial charge in [0.1, 0.15) is 5.82 Å². The summed E-state index contributed by atoms with van der Waals surface area (Å²) >= 11 is 0. The van der Waals surface area contributed by atoms with Crippen molar-refractivity contribution in [3.05, 3.63) is 111 Å². The normalized spacial score (nSPS) is 11.1. The summed E-state index contributed by atoms with van der Waals surface area (Å²) in [4.78, 5) is 29.3. The summed E-state index contributed by atoms with van der Waals surface area (Å²) in [6.07, 6.45) is 2.77. The summed E-state index contributed by atoms with van der Waals surface area (Å²) in [7, 11) is 3.27. The monoisotopic (exact) mass is 567 g/mol. The van der Waals surface area contributed by atoms with Crippen LogP contribution in [0.15, 0.2) is 77.6 Å². The second kappa shape index (κ2) is 12.9. The summed E-state index contributed by atoms with van der Waals surface area (Å²) < 4.78 is 25.1. The Morgan fingerprint density at radius 1 is 0.833 bits per heavy atom. The van der Waals surface area contributed by atoms with E-state index in [2.05, 4.69) is 21.7 Å². The summed E-state index contributed by atoms with van der Waals surface area (Å²) in [5, 5.41) is 7.04. The molecule has 5 rings (SSSR count). The predicted octanol–water partition coefficient (Wildman–Crippen LogP) is 6.16. The number of hydrogen-bond acceptors (Lipinski definition) is 5. The van der Waals surface area contributed by atoms with E-state index in [0.717, 1.165) is 49.4 Å². The Balaban J connectivity index is 1.18. The van der Waals surface area contributed by atoms with Crippen LogP contribution >= 0.6 is 0 Å². The number of rotatable bonds is 11. The topological polar surface area (TPSA) is 92.5 Å². The summed E-state index contributed by atoms with van der Waals surface area (Å²) in [5.41, 5.74) is 4.35. The number of aryl methyl sites for hydroxylation is 2. The maximum Gasteiger partial charge on any atom is 0.257 e. The van der Waals surface area contributed by atoms with Crippen molar-refractivity contribution in [2.45, 2.75) is 26.2 Å². The molecule has 0 spiro atoms. The molecule has 7 nitrogen and oxygen atoms in total. The lowest BCUT2D eigenvalue weighted by Crippen LogP contribution is -2.19.